The summed E-state index contributed by atoms with van der Waals surface area (Å²) in [6, 6.07) is 3.55. The minimum atomic E-state index is -4.16. The standard InChI is InChI=1S/C15H19NO8S2/c1-3-24-14(17)11-4-6-12(7-5-11)26(21,22)16-8-9-25(19,20)10-13(16)15(18)23-2/h4-7,13H,3,8-10H2,1-2H3/t13-/m0/s1. The van der Waals surface area contributed by atoms with Crippen LogP contribution in [-0.2, 0) is 34.1 Å². The lowest BCUT2D eigenvalue weighted by molar-refractivity contribution is -0.144. The van der Waals surface area contributed by atoms with Crippen molar-refractivity contribution in [1.82, 2.24) is 4.31 Å². The van der Waals surface area contributed by atoms with Gasteiger partial charge in [0.25, 0.3) is 0 Å². The molecule has 0 radical (unpaired) electrons. The second kappa shape index (κ2) is 7.72. The predicted molar refractivity (Wildman–Crippen MR) is 90.7 cm³/mol. The number of methoxy groups -OCH3 is 1. The number of hydrogen-bond donors (Lipinski definition) is 0. The van der Waals surface area contributed by atoms with E-state index in [0.29, 0.717) is 0 Å². The number of ether oxygens (including phenoxy) is 2. The Balaban J connectivity index is 2.35. The second-order valence-corrected chi connectivity index (χ2v) is 9.63. The zero-order chi connectivity index (χ0) is 19.5. The molecule has 26 heavy (non-hydrogen) atoms. The van der Waals surface area contributed by atoms with Crippen LogP contribution < -0.4 is 0 Å². The quantitative estimate of drug-likeness (QED) is 0.618. The molecule has 0 saturated carbocycles. The maximum absolute atomic E-state index is 12.8. The molecule has 1 aromatic rings. The van der Waals surface area contributed by atoms with E-state index in [9.17, 15) is 26.4 Å². The van der Waals surface area contributed by atoms with E-state index in [1.807, 2.05) is 0 Å². The number of carbonyl (C=O) groups excluding carboxylic acids is 2. The molecule has 1 heterocycles. The molecule has 9 nitrogen and oxygen atoms in total. The number of sulfonamides is 1. The summed E-state index contributed by atoms with van der Waals surface area (Å²) in [5, 5.41) is 0. The van der Waals surface area contributed by atoms with Crippen LogP contribution in [0.5, 0.6) is 0 Å². The van der Waals surface area contributed by atoms with Crippen LogP contribution in [0.4, 0.5) is 0 Å². The molecule has 1 aliphatic heterocycles. The number of hydrogen-bond acceptors (Lipinski definition) is 8. The minimum absolute atomic E-state index is 0.168. The lowest BCUT2D eigenvalue weighted by Gasteiger charge is -2.32. The lowest BCUT2D eigenvalue weighted by Crippen LogP contribution is -2.54. The van der Waals surface area contributed by atoms with Crippen LogP contribution in [0.25, 0.3) is 0 Å². The van der Waals surface area contributed by atoms with E-state index in [1.165, 1.54) is 24.3 Å². The highest BCUT2D eigenvalue weighted by Crippen LogP contribution is 2.23. The third-order valence-corrected chi connectivity index (χ3v) is 7.38. The third kappa shape index (κ3) is 4.22. The van der Waals surface area contributed by atoms with Crippen LogP contribution in [0.1, 0.15) is 17.3 Å². The molecule has 11 heteroatoms. The van der Waals surface area contributed by atoms with Gasteiger partial charge in [-0.15, -0.1) is 0 Å². The van der Waals surface area contributed by atoms with Crippen LogP contribution in [0, 0.1) is 0 Å². The number of nitrogens with zero attached hydrogens (tertiary/aromatic N) is 1. The van der Waals surface area contributed by atoms with E-state index < -0.39 is 43.6 Å². The Hall–Kier alpha value is -1.98. The van der Waals surface area contributed by atoms with E-state index in [1.54, 1.807) is 6.92 Å². The van der Waals surface area contributed by atoms with E-state index in [2.05, 4.69) is 4.74 Å². The van der Waals surface area contributed by atoms with Gasteiger partial charge in [-0.25, -0.2) is 21.6 Å². The molecule has 0 aromatic heterocycles. The molecule has 0 N–H and O–H groups in total. The topological polar surface area (TPSA) is 124 Å². The predicted octanol–water partition coefficient (Wildman–Crippen LogP) is -0.176. The summed E-state index contributed by atoms with van der Waals surface area (Å²) >= 11 is 0. The molecule has 0 unspecified atom stereocenters. The highest BCUT2D eigenvalue weighted by atomic mass is 32.2. The summed E-state index contributed by atoms with van der Waals surface area (Å²) in [4.78, 5) is 23.4. The Morgan fingerprint density at radius 2 is 1.85 bits per heavy atom. The van der Waals surface area contributed by atoms with Gasteiger partial charge in [-0.3, -0.25) is 4.79 Å². The van der Waals surface area contributed by atoms with Crippen molar-refractivity contribution in [2.75, 3.05) is 31.8 Å². The van der Waals surface area contributed by atoms with Crippen molar-refractivity contribution >= 4 is 31.8 Å². The molecule has 1 atom stereocenters. The first-order valence-corrected chi connectivity index (χ1v) is 11.0. The largest absolute Gasteiger partial charge is 0.468 e. The fraction of sp³-hybridized carbons (Fsp3) is 0.467. The van der Waals surface area contributed by atoms with Crippen LogP contribution in [0.2, 0.25) is 0 Å². The molecule has 1 saturated heterocycles. The van der Waals surface area contributed by atoms with Gasteiger partial charge in [-0.05, 0) is 31.2 Å². The first kappa shape index (κ1) is 20.3. The maximum Gasteiger partial charge on any atom is 0.338 e. The molecule has 1 aliphatic rings. The summed E-state index contributed by atoms with van der Waals surface area (Å²) in [6.07, 6.45) is 0. The SMILES string of the molecule is CCOC(=O)c1ccc(S(=O)(=O)N2CCS(=O)(=O)C[C@H]2C(=O)OC)cc1. The summed E-state index contributed by atoms with van der Waals surface area (Å²) in [6.45, 7) is 1.47. The van der Waals surface area contributed by atoms with E-state index in [4.69, 9.17) is 4.74 Å². The molecule has 0 aliphatic carbocycles. The van der Waals surface area contributed by atoms with Crippen molar-refractivity contribution in [2.24, 2.45) is 0 Å². The van der Waals surface area contributed by atoms with Gasteiger partial charge in [-0.2, -0.15) is 4.31 Å². The van der Waals surface area contributed by atoms with Gasteiger partial charge in [0.1, 0.15) is 6.04 Å². The molecular formula is C15H19NO8S2. The Bertz CT molecular complexity index is 890. The molecular weight excluding hydrogens is 386 g/mol. The molecule has 0 spiro atoms. The van der Waals surface area contributed by atoms with Crippen LogP contribution in [0.15, 0.2) is 29.2 Å². The first-order valence-electron chi connectivity index (χ1n) is 7.69. The van der Waals surface area contributed by atoms with Gasteiger partial charge in [-0.1, -0.05) is 0 Å². The van der Waals surface area contributed by atoms with E-state index in [-0.39, 0.29) is 29.4 Å². The average molecular weight is 405 g/mol. The number of carbonyl (C=O) groups is 2. The molecule has 0 bridgehead atoms. The van der Waals surface area contributed by atoms with Gasteiger partial charge >= 0.3 is 11.9 Å². The number of benzene rings is 1. The van der Waals surface area contributed by atoms with E-state index >= 15 is 0 Å². The Morgan fingerprint density at radius 3 is 2.38 bits per heavy atom. The second-order valence-electron chi connectivity index (χ2n) is 5.51. The fourth-order valence-corrected chi connectivity index (χ4v) is 5.74. The zero-order valence-electron chi connectivity index (χ0n) is 14.2. The monoisotopic (exact) mass is 405 g/mol. The van der Waals surface area contributed by atoms with Crippen LogP contribution >= 0.6 is 0 Å². The summed E-state index contributed by atoms with van der Waals surface area (Å²) in [5.41, 5.74) is 0.177. The summed E-state index contributed by atoms with van der Waals surface area (Å²) < 4.78 is 59.5. The fourth-order valence-electron chi connectivity index (χ4n) is 2.51. The number of esters is 2. The smallest absolute Gasteiger partial charge is 0.338 e. The Kier molecular flexibility index (Phi) is 6.04. The Labute approximate surface area is 151 Å². The van der Waals surface area contributed by atoms with Gasteiger partial charge in [0.2, 0.25) is 10.0 Å². The average Bonchev–Trinajstić information content (AvgIpc) is 2.60. The lowest BCUT2D eigenvalue weighted by atomic mass is 10.2. The van der Waals surface area contributed by atoms with Crippen molar-refractivity contribution in [2.45, 2.75) is 17.9 Å². The molecule has 1 aromatic carbocycles. The number of sulfone groups is 1. The molecule has 2 rings (SSSR count). The van der Waals surface area contributed by atoms with E-state index in [0.717, 1.165) is 11.4 Å². The molecule has 0 amide bonds. The van der Waals surface area contributed by atoms with Crippen LogP contribution in [-0.4, -0.2) is 70.9 Å². The van der Waals surface area contributed by atoms with Gasteiger partial charge in [0, 0.05) is 6.54 Å². The third-order valence-electron chi connectivity index (χ3n) is 3.83. The maximum atomic E-state index is 12.8. The van der Waals surface area contributed by atoms with Crippen molar-refractivity contribution in [3.8, 4) is 0 Å². The molecule has 144 valence electrons. The highest BCUT2D eigenvalue weighted by Gasteiger charge is 2.43. The van der Waals surface area contributed by atoms with Crippen molar-refractivity contribution in [1.29, 1.82) is 0 Å². The summed E-state index contributed by atoms with van der Waals surface area (Å²) in [5.74, 6) is -2.56. The van der Waals surface area contributed by atoms with Gasteiger partial charge in [0.05, 0.1) is 35.7 Å². The van der Waals surface area contributed by atoms with Crippen molar-refractivity contribution < 1.29 is 35.9 Å². The van der Waals surface area contributed by atoms with Crippen LogP contribution in [0.3, 0.4) is 0 Å². The highest BCUT2D eigenvalue weighted by molar-refractivity contribution is 7.92. The minimum Gasteiger partial charge on any atom is -0.468 e. The van der Waals surface area contributed by atoms with Crippen molar-refractivity contribution in [3.05, 3.63) is 29.8 Å². The Morgan fingerprint density at radius 1 is 1.23 bits per heavy atom. The zero-order valence-corrected chi connectivity index (χ0v) is 15.9. The van der Waals surface area contributed by atoms with Gasteiger partial charge in [0.15, 0.2) is 9.84 Å². The van der Waals surface area contributed by atoms with Gasteiger partial charge < -0.3 is 9.47 Å². The molecule has 1 fully saturated rings. The normalized spacial score (nSPS) is 20.3. The number of rotatable bonds is 5. The van der Waals surface area contributed by atoms with Crippen molar-refractivity contribution in [3.63, 3.8) is 0 Å². The first-order chi connectivity index (χ1) is 12.1. The summed E-state index contributed by atoms with van der Waals surface area (Å²) in [7, 11) is -6.65.